The fraction of sp³-hybridized carbons (Fsp3) is 0.583. The topological polar surface area (TPSA) is 45.1 Å². The summed E-state index contributed by atoms with van der Waals surface area (Å²) in [6, 6.07) is 2.98. The lowest BCUT2D eigenvalue weighted by atomic mass is 9.87. The minimum absolute atomic E-state index is 0.136. The lowest BCUT2D eigenvalue weighted by molar-refractivity contribution is 0.111. The second-order valence-electron chi connectivity index (χ2n) is 4.39. The molecule has 1 aliphatic carbocycles. The van der Waals surface area contributed by atoms with Crippen LogP contribution in [0.3, 0.4) is 0 Å². The van der Waals surface area contributed by atoms with Gasteiger partial charge in [0, 0.05) is 12.7 Å². The highest BCUT2D eigenvalue weighted by molar-refractivity contribution is 5.35. The third-order valence-corrected chi connectivity index (χ3v) is 3.13. The molecule has 0 atom stereocenters. The Morgan fingerprint density at radius 2 is 2.12 bits per heavy atom. The number of aliphatic hydroxyl groups is 1. The van der Waals surface area contributed by atoms with Crippen molar-refractivity contribution in [1.82, 2.24) is 4.98 Å². The summed E-state index contributed by atoms with van der Waals surface area (Å²) in [5.41, 5.74) is 0. The first-order valence-corrected chi connectivity index (χ1v) is 5.78. The predicted octanol–water partition coefficient (Wildman–Crippen LogP) is 2.18. The maximum atomic E-state index is 13.2. The van der Waals surface area contributed by atoms with Crippen LogP contribution in [0.4, 0.5) is 10.2 Å². The fourth-order valence-corrected chi connectivity index (χ4v) is 2.11. The minimum Gasteiger partial charge on any atom is -0.393 e. The molecule has 2 N–H and O–H groups in total. The first-order valence-electron chi connectivity index (χ1n) is 5.78. The van der Waals surface area contributed by atoms with Gasteiger partial charge < -0.3 is 10.4 Å². The first-order chi connectivity index (χ1) is 7.75. The minimum atomic E-state index is -0.307. The molecule has 2 rings (SSSR count). The van der Waals surface area contributed by atoms with Gasteiger partial charge in [0.2, 0.25) is 0 Å². The monoisotopic (exact) mass is 224 g/mol. The Hall–Kier alpha value is -1.16. The van der Waals surface area contributed by atoms with Gasteiger partial charge in [-0.25, -0.2) is 9.37 Å². The summed E-state index contributed by atoms with van der Waals surface area (Å²) in [6.07, 6.45) is 5.16. The molecule has 0 aromatic carbocycles. The Morgan fingerprint density at radius 3 is 2.81 bits per heavy atom. The summed E-state index contributed by atoms with van der Waals surface area (Å²) in [6.45, 7) is 0.737. The van der Waals surface area contributed by atoms with E-state index in [-0.39, 0.29) is 11.9 Å². The Bertz CT molecular complexity index is 338. The van der Waals surface area contributed by atoms with E-state index in [1.165, 1.54) is 6.07 Å². The van der Waals surface area contributed by atoms with E-state index < -0.39 is 0 Å². The molecule has 0 bridgehead atoms. The lowest BCUT2D eigenvalue weighted by Crippen LogP contribution is -2.24. The van der Waals surface area contributed by atoms with Crippen LogP contribution in [-0.4, -0.2) is 22.7 Å². The molecule has 1 aromatic rings. The molecule has 0 radical (unpaired) electrons. The van der Waals surface area contributed by atoms with Crippen molar-refractivity contribution in [2.24, 2.45) is 5.92 Å². The molecule has 1 heterocycles. The van der Waals surface area contributed by atoms with E-state index in [1.54, 1.807) is 12.3 Å². The molecule has 0 amide bonds. The van der Waals surface area contributed by atoms with Crippen LogP contribution in [0.5, 0.6) is 0 Å². The molecule has 1 aromatic heterocycles. The van der Waals surface area contributed by atoms with Crippen molar-refractivity contribution in [2.45, 2.75) is 31.8 Å². The summed E-state index contributed by atoms with van der Waals surface area (Å²) >= 11 is 0. The number of rotatable bonds is 3. The van der Waals surface area contributed by atoms with E-state index in [2.05, 4.69) is 10.3 Å². The van der Waals surface area contributed by atoms with Crippen molar-refractivity contribution in [3.05, 3.63) is 24.1 Å². The van der Waals surface area contributed by atoms with Crippen LogP contribution in [0.15, 0.2) is 18.3 Å². The molecule has 0 aliphatic heterocycles. The van der Waals surface area contributed by atoms with Gasteiger partial charge in [-0.15, -0.1) is 0 Å². The number of hydrogen-bond donors (Lipinski definition) is 2. The Kier molecular flexibility index (Phi) is 3.72. The van der Waals surface area contributed by atoms with Crippen LogP contribution in [0.1, 0.15) is 25.7 Å². The normalized spacial score (nSPS) is 25.4. The number of anilines is 1. The van der Waals surface area contributed by atoms with Gasteiger partial charge in [0.05, 0.1) is 6.10 Å². The van der Waals surface area contributed by atoms with E-state index in [9.17, 15) is 9.50 Å². The largest absolute Gasteiger partial charge is 0.393 e. The van der Waals surface area contributed by atoms with Crippen molar-refractivity contribution in [2.75, 3.05) is 11.9 Å². The molecule has 88 valence electrons. The number of nitrogens with one attached hydrogen (secondary N) is 1. The number of halogens is 1. The van der Waals surface area contributed by atoms with Crippen LogP contribution in [0.25, 0.3) is 0 Å². The third kappa shape index (κ3) is 2.92. The molecule has 0 spiro atoms. The SMILES string of the molecule is OC1CCC(CNc2ncccc2F)CC1. The quantitative estimate of drug-likeness (QED) is 0.827. The fourth-order valence-electron chi connectivity index (χ4n) is 2.11. The molecule has 4 heteroatoms. The average molecular weight is 224 g/mol. The van der Waals surface area contributed by atoms with E-state index in [4.69, 9.17) is 0 Å². The zero-order chi connectivity index (χ0) is 11.4. The smallest absolute Gasteiger partial charge is 0.165 e. The number of hydrogen-bond acceptors (Lipinski definition) is 3. The van der Waals surface area contributed by atoms with Crippen LogP contribution in [-0.2, 0) is 0 Å². The van der Waals surface area contributed by atoms with Gasteiger partial charge in [0.25, 0.3) is 0 Å². The summed E-state index contributed by atoms with van der Waals surface area (Å²) in [7, 11) is 0. The second-order valence-corrected chi connectivity index (χ2v) is 4.39. The van der Waals surface area contributed by atoms with E-state index in [0.717, 1.165) is 32.2 Å². The maximum Gasteiger partial charge on any atom is 0.165 e. The van der Waals surface area contributed by atoms with Crippen molar-refractivity contribution in [3.63, 3.8) is 0 Å². The van der Waals surface area contributed by atoms with E-state index >= 15 is 0 Å². The number of aromatic nitrogens is 1. The molecule has 1 saturated carbocycles. The highest BCUT2D eigenvalue weighted by Gasteiger charge is 2.19. The molecule has 3 nitrogen and oxygen atoms in total. The Morgan fingerprint density at radius 1 is 1.38 bits per heavy atom. The van der Waals surface area contributed by atoms with Gasteiger partial charge in [-0.2, -0.15) is 0 Å². The molecular formula is C12H17FN2O. The number of nitrogens with zero attached hydrogens (tertiary/aromatic N) is 1. The standard InChI is InChI=1S/C12H17FN2O/c13-11-2-1-7-14-12(11)15-8-9-3-5-10(16)6-4-9/h1-2,7,9-10,16H,3-6,8H2,(H,14,15). The molecule has 0 unspecified atom stereocenters. The molecular weight excluding hydrogens is 207 g/mol. The van der Waals surface area contributed by atoms with Crippen molar-refractivity contribution < 1.29 is 9.50 Å². The van der Waals surface area contributed by atoms with Gasteiger partial charge in [-0.1, -0.05) is 0 Å². The zero-order valence-corrected chi connectivity index (χ0v) is 9.19. The van der Waals surface area contributed by atoms with Crippen LogP contribution in [0.2, 0.25) is 0 Å². The van der Waals surface area contributed by atoms with Crippen molar-refractivity contribution >= 4 is 5.82 Å². The predicted molar refractivity (Wildman–Crippen MR) is 60.6 cm³/mol. The van der Waals surface area contributed by atoms with Crippen LogP contribution < -0.4 is 5.32 Å². The molecule has 1 aliphatic rings. The average Bonchev–Trinajstić information content (AvgIpc) is 2.30. The van der Waals surface area contributed by atoms with Gasteiger partial charge in [0.15, 0.2) is 11.6 Å². The van der Waals surface area contributed by atoms with Crippen LogP contribution in [0, 0.1) is 11.7 Å². The summed E-state index contributed by atoms with van der Waals surface area (Å²) < 4.78 is 13.2. The highest BCUT2D eigenvalue weighted by atomic mass is 19.1. The first kappa shape index (κ1) is 11.3. The highest BCUT2D eigenvalue weighted by Crippen LogP contribution is 2.24. The number of pyridine rings is 1. The van der Waals surface area contributed by atoms with E-state index in [1.807, 2.05) is 0 Å². The Balaban J connectivity index is 1.81. The van der Waals surface area contributed by atoms with Gasteiger partial charge in [-0.3, -0.25) is 0 Å². The summed E-state index contributed by atoms with van der Waals surface area (Å²) in [5.74, 6) is 0.539. The van der Waals surface area contributed by atoms with Gasteiger partial charge in [-0.05, 0) is 43.7 Å². The van der Waals surface area contributed by atoms with Crippen molar-refractivity contribution in [3.8, 4) is 0 Å². The lowest BCUT2D eigenvalue weighted by Gasteiger charge is -2.25. The molecule has 0 saturated heterocycles. The summed E-state index contributed by atoms with van der Waals surface area (Å²) in [5, 5.41) is 12.4. The summed E-state index contributed by atoms with van der Waals surface area (Å²) in [4.78, 5) is 3.94. The van der Waals surface area contributed by atoms with Gasteiger partial charge >= 0.3 is 0 Å². The molecule has 16 heavy (non-hydrogen) atoms. The molecule has 1 fully saturated rings. The Labute approximate surface area is 94.7 Å². The van der Waals surface area contributed by atoms with Gasteiger partial charge in [0.1, 0.15) is 0 Å². The van der Waals surface area contributed by atoms with E-state index in [0.29, 0.717) is 11.7 Å². The third-order valence-electron chi connectivity index (χ3n) is 3.13. The zero-order valence-electron chi connectivity index (χ0n) is 9.19. The van der Waals surface area contributed by atoms with Crippen LogP contribution >= 0.6 is 0 Å². The van der Waals surface area contributed by atoms with Crippen molar-refractivity contribution in [1.29, 1.82) is 0 Å². The number of aliphatic hydroxyl groups excluding tert-OH is 1. The maximum absolute atomic E-state index is 13.2. The second kappa shape index (κ2) is 5.25.